The molecule has 0 aliphatic carbocycles. The van der Waals surface area contributed by atoms with Gasteiger partial charge < -0.3 is 10.2 Å². The zero-order valence-electron chi connectivity index (χ0n) is 11.3. The maximum absolute atomic E-state index is 11.7. The first-order chi connectivity index (χ1) is 9.08. The van der Waals surface area contributed by atoms with Gasteiger partial charge in [-0.15, -0.1) is 0 Å². The summed E-state index contributed by atoms with van der Waals surface area (Å²) < 4.78 is 0. The van der Waals surface area contributed by atoms with Crippen LogP contribution in [0.25, 0.3) is 0 Å². The van der Waals surface area contributed by atoms with Crippen LogP contribution in [0.4, 0.5) is 5.82 Å². The normalized spacial score (nSPS) is 10.3. The van der Waals surface area contributed by atoms with E-state index < -0.39 is 0 Å². The number of aryl methyl sites for hydroxylation is 1. The highest BCUT2D eigenvalue weighted by molar-refractivity contribution is 7.08. The number of pyridine rings is 1. The highest BCUT2D eigenvalue weighted by Gasteiger charge is 2.08. The van der Waals surface area contributed by atoms with Crippen LogP contribution in [0.5, 0.6) is 0 Å². The van der Waals surface area contributed by atoms with Gasteiger partial charge in [-0.1, -0.05) is 0 Å². The second kappa shape index (κ2) is 5.84. The molecular formula is C14H17N3OS. The lowest BCUT2D eigenvalue weighted by molar-refractivity contribution is 0.0827. The minimum Gasteiger partial charge on any atom is -0.366 e. The van der Waals surface area contributed by atoms with Crippen molar-refractivity contribution >= 4 is 23.1 Å². The predicted molar refractivity (Wildman–Crippen MR) is 78.6 cm³/mol. The molecule has 2 rings (SSSR count). The molecule has 0 unspecified atom stereocenters. The van der Waals surface area contributed by atoms with Crippen molar-refractivity contribution in [3.63, 3.8) is 0 Å². The Morgan fingerprint density at radius 2 is 2.16 bits per heavy atom. The maximum Gasteiger partial charge on any atom is 0.254 e. The van der Waals surface area contributed by atoms with Crippen LogP contribution in [0, 0.1) is 6.92 Å². The molecule has 0 spiro atoms. The maximum atomic E-state index is 11.7. The fourth-order valence-electron chi connectivity index (χ4n) is 1.64. The molecule has 4 nitrogen and oxygen atoms in total. The van der Waals surface area contributed by atoms with Crippen LogP contribution in [0.1, 0.15) is 21.5 Å². The van der Waals surface area contributed by atoms with Crippen LogP contribution in [-0.4, -0.2) is 29.9 Å². The third-order valence-corrected chi connectivity index (χ3v) is 3.75. The highest BCUT2D eigenvalue weighted by atomic mass is 32.1. The first kappa shape index (κ1) is 13.5. The monoisotopic (exact) mass is 275 g/mol. The Kier molecular flexibility index (Phi) is 4.16. The predicted octanol–water partition coefficient (Wildman–Crippen LogP) is 2.77. The standard InChI is InChI=1S/C14H17N3OS/c1-10-8-19-9-12(10)7-16-13-5-4-11(6-15-13)14(18)17(2)3/h4-6,8-9H,7H2,1-3H3,(H,15,16). The van der Waals surface area contributed by atoms with Gasteiger partial charge in [0.2, 0.25) is 0 Å². The van der Waals surface area contributed by atoms with E-state index in [1.807, 2.05) is 6.07 Å². The minimum atomic E-state index is -0.0345. The van der Waals surface area contributed by atoms with Crippen molar-refractivity contribution in [2.75, 3.05) is 19.4 Å². The van der Waals surface area contributed by atoms with E-state index in [9.17, 15) is 4.79 Å². The summed E-state index contributed by atoms with van der Waals surface area (Å²) in [5.41, 5.74) is 3.17. The molecule has 0 saturated heterocycles. The Labute approximate surface area is 117 Å². The largest absolute Gasteiger partial charge is 0.366 e. The Hall–Kier alpha value is -1.88. The van der Waals surface area contributed by atoms with E-state index in [1.54, 1.807) is 42.6 Å². The van der Waals surface area contributed by atoms with Crippen LogP contribution in [0.2, 0.25) is 0 Å². The van der Waals surface area contributed by atoms with Gasteiger partial charge in [0.1, 0.15) is 5.82 Å². The van der Waals surface area contributed by atoms with Crippen LogP contribution >= 0.6 is 11.3 Å². The fourth-order valence-corrected chi connectivity index (χ4v) is 2.49. The van der Waals surface area contributed by atoms with Gasteiger partial charge in [0.15, 0.2) is 0 Å². The fraction of sp³-hybridized carbons (Fsp3) is 0.286. The van der Waals surface area contributed by atoms with E-state index in [4.69, 9.17) is 0 Å². The molecule has 19 heavy (non-hydrogen) atoms. The lowest BCUT2D eigenvalue weighted by Crippen LogP contribution is -2.21. The smallest absolute Gasteiger partial charge is 0.254 e. The van der Waals surface area contributed by atoms with Crippen LogP contribution in [-0.2, 0) is 6.54 Å². The second-order valence-corrected chi connectivity index (χ2v) is 5.31. The summed E-state index contributed by atoms with van der Waals surface area (Å²) in [6.45, 7) is 2.85. The van der Waals surface area contributed by atoms with E-state index in [0.29, 0.717) is 5.56 Å². The van der Waals surface area contributed by atoms with E-state index in [2.05, 4.69) is 28.0 Å². The Bertz CT molecular complexity index is 560. The molecule has 1 N–H and O–H groups in total. The van der Waals surface area contributed by atoms with Gasteiger partial charge in [0, 0.05) is 26.8 Å². The second-order valence-electron chi connectivity index (χ2n) is 4.57. The number of thiophene rings is 1. The first-order valence-corrected chi connectivity index (χ1v) is 6.95. The molecule has 0 atom stereocenters. The average Bonchev–Trinajstić information content (AvgIpc) is 2.81. The topological polar surface area (TPSA) is 45.2 Å². The van der Waals surface area contributed by atoms with E-state index in [0.717, 1.165) is 12.4 Å². The van der Waals surface area contributed by atoms with Gasteiger partial charge in [-0.25, -0.2) is 4.98 Å². The first-order valence-electron chi connectivity index (χ1n) is 6.01. The number of nitrogens with zero attached hydrogens (tertiary/aromatic N) is 2. The molecule has 2 aromatic rings. The number of aromatic nitrogens is 1. The lowest BCUT2D eigenvalue weighted by atomic mass is 10.2. The number of hydrogen-bond donors (Lipinski definition) is 1. The highest BCUT2D eigenvalue weighted by Crippen LogP contribution is 2.15. The molecule has 100 valence electrons. The average molecular weight is 275 g/mol. The molecule has 5 heteroatoms. The lowest BCUT2D eigenvalue weighted by Gasteiger charge is -2.10. The van der Waals surface area contributed by atoms with Gasteiger partial charge in [0.05, 0.1) is 5.56 Å². The zero-order valence-corrected chi connectivity index (χ0v) is 12.1. The van der Waals surface area contributed by atoms with Crippen LogP contribution in [0.3, 0.4) is 0 Å². The third-order valence-electron chi connectivity index (χ3n) is 2.84. The summed E-state index contributed by atoms with van der Waals surface area (Å²) in [5.74, 6) is 0.744. The molecule has 0 radical (unpaired) electrons. The number of nitrogens with one attached hydrogen (secondary N) is 1. The summed E-state index contributed by atoms with van der Waals surface area (Å²) in [6, 6.07) is 3.62. The molecule has 2 aromatic heterocycles. The summed E-state index contributed by atoms with van der Waals surface area (Å²) in [6.07, 6.45) is 1.60. The van der Waals surface area contributed by atoms with Crippen molar-refractivity contribution in [3.8, 4) is 0 Å². The molecular weight excluding hydrogens is 258 g/mol. The van der Waals surface area contributed by atoms with Gasteiger partial charge in [-0.2, -0.15) is 11.3 Å². The van der Waals surface area contributed by atoms with Crippen molar-refractivity contribution in [2.24, 2.45) is 0 Å². The van der Waals surface area contributed by atoms with Crippen molar-refractivity contribution in [1.82, 2.24) is 9.88 Å². The molecule has 0 fully saturated rings. The molecule has 0 saturated carbocycles. The number of anilines is 1. The van der Waals surface area contributed by atoms with Gasteiger partial charge in [-0.3, -0.25) is 4.79 Å². The van der Waals surface area contributed by atoms with E-state index in [-0.39, 0.29) is 5.91 Å². The van der Waals surface area contributed by atoms with Gasteiger partial charge in [-0.05, 0) is 40.9 Å². The SMILES string of the molecule is Cc1cscc1CNc1ccc(C(=O)N(C)C)cn1. The molecule has 0 aliphatic rings. The summed E-state index contributed by atoms with van der Waals surface area (Å²) in [4.78, 5) is 17.5. The van der Waals surface area contributed by atoms with Gasteiger partial charge >= 0.3 is 0 Å². The van der Waals surface area contributed by atoms with Crippen molar-refractivity contribution < 1.29 is 4.79 Å². The van der Waals surface area contributed by atoms with Crippen LogP contribution in [0.15, 0.2) is 29.1 Å². The Balaban J connectivity index is 1.99. The number of amides is 1. The van der Waals surface area contributed by atoms with Crippen LogP contribution < -0.4 is 5.32 Å². The van der Waals surface area contributed by atoms with Gasteiger partial charge in [0.25, 0.3) is 5.91 Å². The van der Waals surface area contributed by atoms with Crippen molar-refractivity contribution in [1.29, 1.82) is 0 Å². The zero-order chi connectivity index (χ0) is 13.8. The number of carbonyl (C=O) groups excluding carboxylic acids is 1. The Morgan fingerprint density at radius 1 is 1.37 bits per heavy atom. The molecule has 0 bridgehead atoms. The number of hydrogen-bond acceptors (Lipinski definition) is 4. The summed E-state index contributed by atoms with van der Waals surface area (Å²) in [7, 11) is 3.46. The van der Waals surface area contributed by atoms with E-state index >= 15 is 0 Å². The Morgan fingerprint density at radius 3 is 2.68 bits per heavy atom. The van der Waals surface area contributed by atoms with Crippen molar-refractivity contribution in [3.05, 3.63) is 45.8 Å². The summed E-state index contributed by atoms with van der Waals surface area (Å²) in [5, 5.41) is 7.51. The molecule has 0 aliphatic heterocycles. The quantitative estimate of drug-likeness (QED) is 0.933. The molecule has 1 amide bonds. The molecule has 2 heterocycles. The van der Waals surface area contributed by atoms with E-state index in [1.165, 1.54) is 11.1 Å². The third kappa shape index (κ3) is 3.32. The summed E-state index contributed by atoms with van der Waals surface area (Å²) >= 11 is 1.70. The van der Waals surface area contributed by atoms with Crippen molar-refractivity contribution in [2.45, 2.75) is 13.5 Å². The number of rotatable bonds is 4. The number of carbonyl (C=O) groups is 1. The molecule has 0 aromatic carbocycles. The minimum absolute atomic E-state index is 0.0345.